The van der Waals surface area contributed by atoms with Gasteiger partial charge in [-0.2, -0.15) is 0 Å². The number of nitrogens with zero attached hydrogens (tertiary/aromatic N) is 1. The summed E-state index contributed by atoms with van der Waals surface area (Å²) in [5, 5.41) is 18.8. The fourth-order valence-electron chi connectivity index (χ4n) is 1.25. The number of urea groups is 1. The zero-order valence-electron chi connectivity index (χ0n) is 10.5. The highest BCUT2D eigenvalue weighted by Gasteiger charge is 2.14. The Morgan fingerprint density at radius 2 is 2.05 bits per heavy atom. The summed E-state index contributed by atoms with van der Waals surface area (Å²) in [6.45, 7) is 1.51. The van der Waals surface area contributed by atoms with Crippen LogP contribution < -0.4 is 15.8 Å². The second-order valence-electron chi connectivity index (χ2n) is 3.80. The summed E-state index contributed by atoms with van der Waals surface area (Å²) in [5.41, 5.74) is 0.383. The van der Waals surface area contributed by atoms with Gasteiger partial charge in [0.25, 0.3) is 0 Å². The molecule has 0 aromatic carbocycles. The highest BCUT2D eigenvalue weighted by Crippen LogP contribution is 2.17. The van der Waals surface area contributed by atoms with Crippen molar-refractivity contribution in [2.75, 3.05) is 12.3 Å². The van der Waals surface area contributed by atoms with Crippen LogP contribution in [0.15, 0.2) is 0 Å². The van der Waals surface area contributed by atoms with Gasteiger partial charge < -0.3 is 15.7 Å². The summed E-state index contributed by atoms with van der Waals surface area (Å²) in [7, 11) is -3.62. The van der Waals surface area contributed by atoms with Crippen molar-refractivity contribution in [1.29, 1.82) is 0 Å². The first-order chi connectivity index (χ1) is 9.19. The second-order valence-corrected chi connectivity index (χ2v) is 6.62. The van der Waals surface area contributed by atoms with Gasteiger partial charge in [0.1, 0.15) is 9.88 Å². The maximum Gasteiger partial charge on any atom is 0.347 e. The summed E-state index contributed by atoms with van der Waals surface area (Å²) >= 11 is 0.969. The molecule has 0 atom stereocenters. The quantitative estimate of drug-likeness (QED) is 0.540. The highest BCUT2D eigenvalue weighted by atomic mass is 32.2. The van der Waals surface area contributed by atoms with Crippen molar-refractivity contribution in [2.45, 2.75) is 13.5 Å². The largest absolute Gasteiger partial charge is 0.477 e. The van der Waals surface area contributed by atoms with Crippen LogP contribution in [-0.4, -0.2) is 42.8 Å². The lowest BCUT2D eigenvalue weighted by molar-refractivity contribution is 0.0701. The van der Waals surface area contributed by atoms with E-state index in [1.807, 2.05) is 0 Å². The molecule has 0 saturated carbocycles. The summed E-state index contributed by atoms with van der Waals surface area (Å²) in [5.74, 6) is -1.43. The number of carboxylic acid groups (broad SMARTS) is 1. The number of carbonyl (C=O) groups is 2. The maximum atomic E-state index is 11.3. The van der Waals surface area contributed by atoms with Gasteiger partial charge in [0.2, 0.25) is 10.0 Å². The van der Waals surface area contributed by atoms with Crippen LogP contribution >= 0.6 is 11.3 Å². The van der Waals surface area contributed by atoms with E-state index in [9.17, 15) is 18.0 Å². The first-order valence-corrected chi connectivity index (χ1v) is 7.94. The molecule has 1 heterocycles. The van der Waals surface area contributed by atoms with Crippen LogP contribution in [0, 0.1) is 6.92 Å². The Bertz CT molecular complexity index is 610. The molecule has 0 aliphatic rings. The summed E-state index contributed by atoms with van der Waals surface area (Å²) in [6.07, 6.45) is 0. The fourth-order valence-corrected chi connectivity index (χ4v) is 2.48. The SMILES string of the molecule is Cc1nc(CNC(=O)NCCS(N)(=O)=O)sc1C(=O)O. The molecule has 1 rings (SSSR count). The molecule has 5 N–H and O–H groups in total. The Balaban J connectivity index is 2.41. The molecule has 2 amide bonds. The average Bonchev–Trinajstić information content (AvgIpc) is 2.66. The van der Waals surface area contributed by atoms with Crippen molar-refractivity contribution in [2.24, 2.45) is 5.14 Å². The van der Waals surface area contributed by atoms with Crippen LogP contribution in [0.2, 0.25) is 0 Å². The van der Waals surface area contributed by atoms with E-state index in [4.69, 9.17) is 10.2 Å². The fraction of sp³-hybridized carbons (Fsp3) is 0.444. The van der Waals surface area contributed by atoms with E-state index in [1.165, 1.54) is 0 Å². The molecule has 0 aliphatic carbocycles. The molecule has 0 saturated heterocycles. The highest BCUT2D eigenvalue weighted by molar-refractivity contribution is 7.89. The van der Waals surface area contributed by atoms with Crippen LogP contribution in [0.4, 0.5) is 4.79 Å². The van der Waals surface area contributed by atoms with Crippen molar-refractivity contribution in [3.63, 3.8) is 0 Å². The molecule has 11 heteroatoms. The third-order valence-electron chi connectivity index (χ3n) is 2.11. The zero-order chi connectivity index (χ0) is 15.3. The predicted molar refractivity (Wildman–Crippen MR) is 72.0 cm³/mol. The third-order valence-corrected chi connectivity index (χ3v) is 4.03. The monoisotopic (exact) mass is 322 g/mol. The van der Waals surface area contributed by atoms with E-state index in [2.05, 4.69) is 15.6 Å². The minimum Gasteiger partial charge on any atom is -0.477 e. The molecule has 0 fully saturated rings. The number of rotatable bonds is 6. The number of aromatic carboxylic acids is 1. The molecule has 1 aromatic heterocycles. The van der Waals surface area contributed by atoms with E-state index in [0.717, 1.165) is 11.3 Å². The van der Waals surface area contributed by atoms with Crippen molar-refractivity contribution in [3.05, 3.63) is 15.6 Å². The molecular formula is C9H14N4O5S2. The number of sulfonamides is 1. The van der Waals surface area contributed by atoms with Crippen LogP contribution in [0.5, 0.6) is 0 Å². The van der Waals surface area contributed by atoms with Gasteiger partial charge in [-0.05, 0) is 6.92 Å². The molecular weight excluding hydrogens is 308 g/mol. The van der Waals surface area contributed by atoms with E-state index < -0.39 is 22.0 Å². The van der Waals surface area contributed by atoms with Gasteiger partial charge in [0.05, 0.1) is 18.0 Å². The Labute approximate surface area is 119 Å². The lowest BCUT2D eigenvalue weighted by atomic mass is 10.4. The molecule has 0 bridgehead atoms. The van der Waals surface area contributed by atoms with E-state index in [-0.39, 0.29) is 23.7 Å². The summed E-state index contributed by atoms with van der Waals surface area (Å²) < 4.78 is 21.3. The van der Waals surface area contributed by atoms with Gasteiger partial charge in [-0.15, -0.1) is 11.3 Å². The number of carbonyl (C=O) groups excluding carboxylic acids is 1. The number of carboxylic acids is 1. The lowest BCUT2D eigenvalue weighted by Crippen LogP contribution is -2.38. The smallest absolute Gasteiger partial charge is 0.347 e. The molecule has 112 valence electrons. The first kappa shape index (κ1) is 16.3. The minimum atomic E-state index is -3.62. The van der Waals surface area contributed by atoms with Crippen LogP contribution in [0.3, 0.4) is 0 Å². The number of thiazole rings is 1. The molecule has 20 heavy (non-hydrogen) atoms. The van der Waals surface area contributed by atoms with Gasteiger partial charge in [-0.1, -0.05) is 0 Å². The molecule has 0 aliphatic heterocycles. The van der Waals surface area contributed by atoms with Crippen molar-refractivity contribution in [1.82, 2.24) is 15.6 Å². The predicted octanol–water partition coefficient (Wildman–Crippen LogP) is -0.763. The molecule has 9 nitrogen and oxygen atoms in total. The second kappa shape index (κ2) is 6.63. The lowest BCUT2D eigenvalue weighted by Gasteiger charge is -2.05. The van der Waals surface area contributed by atoms with Crippen LogP contribution in [0.25, 0.3) is 0 Å². The first-order valence-electron chi connectivity index (χ1n) is 5.41. The summed E-state index contributed by atoms with van der Waals surface area (Å²) in [4.78, 5) is 26.3. The van der Waals surface area contributed by atoms with Crippen LogP contribution in [-0.2, 0) is 16.6 Å². The molecule has 0 radical (unpaired) electrons. The number of hydrogen-bond donors (Lipinski definition) is 4. The zero-order valence-corrected chi connectivity index (χ0v) is 12.2. The van der Waals surface area contributed by atoms with Crippen molar-refractivity contribution >= 4 is 33.4 Å². The van der Waals surface area contributed by atoms with Gasteiger partial charge in [0.15, 0.2) is 0 Å². The number of amides is 2. The normalized spacial score (nSPS) is 11.1. The van der Waals surface area contributed by atoms with Crippen LogP contribution in [0.1, 0.15) is 20.4 Å². The van der Waals surface area contributed by atoms with Crippen molar-refractivity contribution in [3.8, 4) is 0 Å². The summed E-state index contributed by atoms with van der Waals surface area (Å²) in [6, 6.07) is -0.585. The number of primary sulfonamides is 1. The molecule has 0 unspecified atom stereocenters. The molecule has 0 spiro atoms. The van der Waals surface area contributed by atoms with Gasteiger partial charge >= 0.3 is 12.0 Å². The topological polar surface area (TPSA) is 151 Å². The number of aryl methyl sites for hydroxylation is 1. The number of nitrogens with two attached hydrogens (primary N) is 1. The van der Waals surface area contributed by atoms with Gasteiger partial charge in [0, 0.05) is 6.54 Å². The van der Waals surface area contributed by atoms with E-state index in [1.54, 1.807) is 6.92 Å². The Morgan fingerprint density at radius 3 is 2.55 bits per heavy atom. The third kappa shape index (κ3) is 5.50. The molecule has 1 aromatic rings. The van der Waals surface area contributed by atoms with E-state index >= 15 is 0 Å². The van der Waals surface area contributed by atoms with Crippen molar-refractivity contribution < 1.29 is 23.1 Å². The van der Waals surface area contributed by atoms with E-state index in [0.29, 0.717) is 10.7 Å². The maximum absolute atomic E-state index is 11.3. The Kier molecular flexibility index (Phi) is 5.42. The van der Waals surface area contributed by atoms with Gasteiger partial charge in [-0.25, -0.2) is 28.1 Å². The van der Waals surface area contributed by atoms with Gasteiger partial charge in [-0.3, -0.25) is 0 Å². The standard InChI is InChI=1S/C9H14N4O5S2/c1-5-7(8(14)15)19-6(13-5)4-12-9(16)11-2-3-20(10,17)18/h2-4H2,1H3,(H,14,15)(H2,10,17,18)(H2,11,12,16). The number of aromatic nitrogens is 1. The average molecular weight is 322 g/mol. The number of hydrogen-bond acceptors (Lipinski definition) is 6. The number of nitrogens with one attached hydrogen (secondary N) is 2. The Morgan fingerprint density at radius 1 is 1.40 bits per heavy atom. The minimum absolute atomic E-state index is 0.0556. The Hall–Kier alpha value is -1.72.